The van der Waals surface area contributed by atoms with Crippen LogP contribution >= 0.6 is 0 Å². The fourth-order valence-electron chi connectivity index (χ4n) is 1.84. The van der Waals surface area contributed by atoms with Crippen molar-refractivity contribution in [3.05, 3.63) is 69.6 Å². The van der Waals surface area contributed by atoms with Gasteiger partial charge in [-0.1, -0.05) is 17.7 Å². The fraction of sp³-hybridized carbons (Fsp3) is 0.200. The van der Waals surface area contributed by atoms with Crippen LogP contribution in [0.25, 0.3) is 0 Å². The van der Waals surface area contributed by atoms with Crippen molar-refractivity contribution in [2.45, 2.75) is 20.4 Å². The number of hydrogen-bond acceptors (Lipinski definition) is 2. The van der Waals surface area contributed by atoms with Crippen molar-refractivity contribution in [1.29, 1.82) is 0 Å². The SMILES string of the molecule is Cc1ccc(C)c(C(=O)Cn2ccc(=O)cc2)c1. The highest BCUT2D eigenvalue weighted by molar-refractivity contribution is 5.97. The molecule has 92 valence electrons. The van der Waals surface area contributed by atoms with Gasteiger partial charge in [-0.15, -0.1) is 0 Å². The number of carbonyl (C=O) groups is 1. The number of aryl methyl sites for hydroxylation is 2. The lowest BCUT2D eigenvalue weighted by Gasteiger charge is -2.08. The van der Waals surface area contributed by atoms with Crippen LogP contribution in [-0.4, -0.2) is 10.4 Å². The van der Waals surface area contributed by atoms with E-state index < -0.39 is 0 Å². The summed E-state index contributed by atoms with van der Waals surface area (Å²) in [5.74, 6) is 0.0554. The third kappa shape index (κ3) is 2.74. The molecule has 0 spiro atoms. The lowest BCUT2D eigenvalue weighted by atomic mass is 10.0. The summed E-state index contributed by atoms with van der Waals surface area (Å²) in [6.07, 6.45) is 3.26. The summed E-state index contributed by atoms with van der Waals surface area (Å²) in [5.41, 5.74) is 2.75. The zero-order valence-corrected chi connectivity index (χ0v) is 10.5. The molecular formula is C15H15NO2. The molecule has 2 aromatic rings. The Labute approximate surface area is 106 Å². The maximum atomic E-state index is 12.2. The van der Waals surface area contributed by atoms with E-state index in [0.717, 1.165) is 16.7 Å². The van der Waals surface area contributed by atoms with Crippen molar-refractivity contribution < 1.29 is 4.79 Å². The van der Waals surface area contributed by atoms with Crippen LogP contribution in [0.3, 0.4) is 0 Å². The molecule has 2 rings (SSSR count). The van der Waals surface area contributed by atoms with E-state index in [4.69, 9.17) is 0 Å². The summed E-state index contributed by atoms with van der Waals surface area (Å²) in [5, 5.41) is 0. The zero-order valence-electron chi connectivity index (χ0n) is 10.5. The highest BCUT2D eigenvalue weighted by atomic mass is 16.1. The molecule has 0 radical (unpaired) electrons. The van der Waals surface area contributed by atoms with Gasteiger partial charge in [-0.05, 0) is 25.5 Å². The Morgan fingerprint density at radius 2 is 1.78 bits per heavy atom. The molecule has 0 aliphatic carbocycles. The predicted octanol–water partition coefficient (Wildman–Crippen LogP) is 2.35. The van der Waals surface area contributed by atoms with Gasteiger partial charge in [0.25, 0.3) is 0 Å². The molecule has 0 saturated carbocycles. The summed E-state index contributed by atoms with van der Waals surface area (Å²) in [7, 11) is 0. The molecular weight excluding hydrogens is 226 g/mol. The number of carbonyl (C=O) groups excluding carboxylic acids is 1. The Morgan fingerprint density at radius 3 is 2.44 bits per heavy atom. The highest BCUT2D eigenvalue weighted by Gasteiger charge is 2.09. The molecule has 0 fully saturated rings. The van der Waals surface area contributed by atoms with Gasteiger partial charge in [-0.25, -0.2) is 0 Å². The topological polar surface area (TPSA) is 39.1 Å². The first-order chi connectivity index (χ1) is 8.56. The largest absolute Gasteiger partial charge is 0.346 e. The standard InChI is InChI=1S/C15H15NO2/c1-11-3-4-12(2)14(9-11)15(18)10-16-7-5-13(17)6-8-16/h3-9H,10H2,1-2H3. The van der Waals surface area contributed by atoms with Gasteiger partial charge in [0.1, 0.15) is 0 Å². The lowest BCUT2D eigenvalue weighted by Crippen LogP contribution is -2.13. The summed E-state index contributed by atoms with van der Waals surface area (Å²) in [6.45, 7) is 4.15. The van der Waals surface area contributed by atoms with Crippen molar-refractivity contribution in [2.75, 3.05) is 0 Å². The smallest absolute Gasteiger partial charge is 0.182 e. The minimum atomic E-state index is -0.0505. The molecule has 3 nitrogen and oxygen atoms in total. The molecule has 1 aromatic heterocycles. The Bertz CT molecular complexity index is 621. The number of aromatic nitrogens is 1. The monoisotopic (exact) mass is 241 g/mol. The highest BCUT2D eigenvalue weighted by Crippen LogP contribution is 2.12. The molecule has 3 heteroatoms. The molecule has 0 atom stereocenters. The Hall–Kier alpha value is -2.16. The third-order valence-electron chi connectivity index (χ3n) is 2.88. The minimum absolute atomic E-state index is 0.0505. The summed E-state index contributed by atoms with van der Waals surface area (Å²) < 4.78 is 1.71. The van der Waals surface area contributed by atoms with Crippen LogP contribution < -0.4 is 5.43 Å². The fourth-order valence-corrected chi connectivity index (χ4v) is 1.84. The first-order valence-corrected chi connectivity index (χ1v) is 5.83. The second-order valence-corrected chi connectivity index (χ2v) is 4.45. The van der Waals surface area contributed by atoms with E-state index in [2.05, 4.69) is 0 Å². The van der Waals surface area contributed by atoms with E-state index >= 15 is 0 Å². The van der Waals surface area contributed by atoms with Gasteiger partial charge < -0.3 is 4.57 Å². The number of hydrogen-bond donors (Lipinski definition) is 0. The number of ketones is 1. The molecule has 1 heterocycles. The maximum absolute atomic E-state index is 12.2. The van der Waals surface area contributed by atoms with Crippen LogP contribution in [0.4, 0.5) is 0 Å². The second kappa shape index (κ2) is 5.00. The van der Waals surface area contributed by atoms with Crippen LogP contribution in [-0.2, 0) is 6.54 Å². The number of rotatable bonds is 3. The average Bonchev–Trinajstić information content (AvgIpc) is 2.35. The number of pyridine rings is 1. The van der Waals surface area contributed by atoms with E-state index in [-0.39, 0.29) is 17.8 Å². The van der Waals surface area contributed by atoms with E-state index in [0.29, 0.717) is 0 Å². The number of nitrogens with zero attached hydrogens (tertiary/aromatic N) is 1. The van der Waals surface area contributed by atoms with Crippen molar-refractivity contribution >= 4 is 5.78 Å². The normalized spacial score (nSPS) is 10.3. The van der Waals surface area contributed by atoms with Crippen LogP contribution in [0, 0.1) is 13.8 Å². The molecule has 0 N–H and O–H groups in total. The Balaban J connectivity index is 2.24. The zero-order chi connectivity index (χ0) is 13.1. The summed E-state index contributed by atoms with van der Waals surface area (Å²) >= 11 is 0. The van der Waals surface area contributed by atoms with Crippen LogP contribution in [0.5, 0.6) is 0 Å². The van der Waals surface area contributed by atoms with Gasteiger partial charge in [0.2, 0.25) is 0 Å². The van der Waals surface area contributed by atoms with E-state index in [1.807, 2.05) is 32.0 Å². The summed E-state index contributed by atoms with van der Waals surface area (Å²) in [6, 6.07) is 8.76. The van der Waals surface area contributed by atoms with Crippen molar-refractivity contribution in [3.63, 3.8) is 0 Å². The molecule has 18 heavy (non-hydrogen) atoms. The Morgan fingerprint density at radius 1 is 1.11 bits per heavy atom. The van der Waals surface area contributed by atoms with E-state index in [1.54, 1.807) is 17.0 Å². The van der Waals surface area contributed by atoms with Crippen molar-refractivity contribution in [1.82, 2.24) is 4.57 Å². The van der Waals surface area contributed by atoms with Gasteiger partial charge in [0.05, 0.1) is 6.54 Å². The van der Waals surface area contributed by atoms with Gasteiger partial charge in [0, 0.05) is 30.1 Å². The van der Waals surface area contributed by atoms with Crippen LogP contribution in [0.1, 0.15) is 21.5 Å². The molecule has 0 aliphatic rings. The first kappa shape index (κ1) is 12.3. The molecule has 0 bridgehead atoms. The second-order valence-electron chi connectivity index (χ2n) is 4.45. The molecule has 0 saturated heterocycles. The predicted molar refractivity (Wildman–Crippen MR) is 70.9 cm³/mol. The molecule has 1 aromatic carbocycles. The van der Waals surface area contributed by atoms with Crippen LogP contribution in [0.2, 0.25) is 0 Å². The first-order valence-electron chi connectivity index (χ1n) is 5.83. The van der Waals surface area contributed by atoms with Gasteiger partial charge in [0.15, 0.2) is 11.2 Å². The maximum Gasteiger partial charge on any atom is 0.182 e. The van der Waals surface area contributed by atoms with Crippen molar-refractivity contribution in [2.24, 2.45) is 0 Å². The molecule has 0 unspecified atom stereocenters. The Kier molecular flexibility index (Phi) is 3.42. The van der Waals surface area contributed by atoms with Crippen LogP contribution in [0.15, 0.2) is 47.5 Å². The van der Waals surface area contributed by atoms with E-state index in [9.17, 15) is 9.59 Å². The molecule has 0 aliphatic heterocycles. The average molecular weight is 241 g/mol. The minimum Gasteiger partial charge on any atom is -0.346 e. The van der Waals surface area contributed by atoms with Gasteiger partial charge in [-0.3, -0.25) is 9.59 Å². The van der Waals surface area contributed by atoms with Crippen molar-refractivity contribution in [3.8, 4) is 0 Å². The van der Waals surface area contributed by atoms with E-state index in [1.165, 1.54) is 12.1 Å². The molecule has 0 amide bonds. The van der Waals surface area contributed by atoms with Gasteiger partial charge >= 0.3 is 0 Å². The number of Topliss-reactive ketones (excluding diaryl/α,β-unsaturated/α-hetero) is 1. The quantitative estimate of drug-likeness (QED) is 0.774. The lowest BCUT2D eigenvalue weighted by molar-refractivity contribution is 0.0971. The third-order valence-corrected chi connectivity index (χ3v) is 2.88. The van der Waals surface area contributed by atoms with Gasteiger partial charge in [-0.2, -0.15) is 0 Å². The number of benzene rings is 1. The summed E-state index contributed by atoms with van der Waals surface area (Å²) in [4.78, 5) is 23.2.